The number of rotatable bonds is 5. The van der Waals surface area contributed by atoms with Gasteiger partial charge in [-0.3, -0.25) is 14.3 Å². The van der Waals surface area contributed by atoms with Crippen molar-refractivity contribution in [3.63, 3.8) is 0 Å². The van der Waals surface area contributed by atoms with E-state index in [1.807, 2.05) is 24.8 Å². The first kappa shape index (κ1) is 16.5. The van der Waals surface area contributed by atoms with E-state index in [9.17, 15) is 9.59 Å². The van der Waals surface area contributed by atoms with Crippen LogP contribution in [-0.4, -0.2) is 45.6 Å². The standard InChI is InChI=1S/C16H26N4O2/c1-12-10-13(2)20(18-12)11-16(22)19-9-5-4-6-15(19)7-8-17-14(3)21/h10,15H,4-9,11H2,1-3H3,(H,17,21)/t15-/m1/s1. The third kappa shape index (κ3) is 4.32. The minimum Gasteiger partial charge on any atom is -0.356 e. The molecule has 0 saturated carbocycles. The van der Waals surface area contributed by atoms with E-state index in [4.69, 9.17) is 0 Å². The van der Waals surface area contributed by atoms with Crippen LogP contribution in [0.15, 0.2) is 6.07 Å². The molecule has 1 atom stereocenters. The molecular weight excluding hydrogens is 280 g/mol. The van der Waals surface area contributed by atoms with Crippen molar-refractivity contribution in [3.05, 3.63) is 17.5 Å². The summed E-state index contributed by atoms with van der Waals surface area (Å²) in [5.74, 6) is 0.107. The average molecular weight is 306 g/mol. The maximum absolute atomic E-state index is 12.6. The van der Waals surface area contributed by atoms with Crippen molar-refractivity contribution in [3.8, 4) is 0 Å². The summed E-state index contributed by atoms with van der Waals surface area (Å²) < 4.78 is 1.77. The van der Waals surface area contributed by atoms with Crippen LogP contribution in [0.3, 0.4) is 0 Å². The largest absolute Gasteiger partial charge is 0.356 e. The number of hydrogen-bond acceptors (Lipinski definition) is 3. The highest BCUT2D eigenvalue weighted by atomic mass is 16.2. The second kappa shape index (κ2) is 7.42. The van der Waals surface area contributed by atoms with Crippen LogP contribution in [0.5, 0.6) is 0 Å². The van der Waals surface area contributed by atoms with Gasteiger partial charge in [0.25, 0.3) is 0 Å². The smallest absolute Gasteiger partial charge is 0.244 e. The van der Waals surface area contributed by atoms with Gasteiger partial charge in [0.1, 0.15) is 6.54 Å². The number of carbonyl (C=O) groups is 2. The number of aromatic nitrogens is 2. The monoisotopic (exact) mass is 306 g/mol. The van der Waals surface area contributed by atoms with Gasteiger partial charge in [0.2, 0.25) is 11.8 Å². The normalized spacial score (nSPS) is 18.3. The highest BCUT2D eigenvalue weighted by molar-refractivity contribution is 5.76. The number of likely N-dealkylation sites (tertiary alicyclic amines) is 1. The van der Waals surface area contributed by atoms with Crippen molar-refractivity contribution >= 4 is 11.8 Å². The predicted octanol–water partition coefficient (Wildman–Crippen LogP) is 1.41. The number of nitrogens with zero attached hydrogens (tertiary/aromatic N) is 3. The van der Waals surface area contributed by atoms with Gasteiger partial charge in [-0.05, 0) is 45.6 Å². The lowest BCUT2D eigenvalue weighted by molar-refractivity contribution is -0.135. The van der Waals surface area contributed by atoms with E-state index >= 15 is 0 Å². The molecule has 1 aromatic heterocycles. The molecule has 0 bridgehead atoms. The number of piperidine rings is 1. The zero-order valence-corrected chi connectivity index (χ0v) is 13.8. The molecule has 1 N–H and O–H groups in total. The fraction of sp³-hybridized carbons (Fsp3) is 0.688. The van der Waals surface area contributed by atoms with Crippen molar-refractivity contribution < 1.29 is 9.59 Å². The Morgan fingerprint density at radius 2 is 2.14 bits per heavy atom. The zero-order chi connectivity index (χ0) is 16.1. The lowest BCUT2D eigenvalue weighted by Crippen LogP contribution is -2.46. The number of hydrogen-bond donors (Lipinski definition) is 1. The van der Waals surface area contributed by atoms with E-state index in [0.717, 1.165) is 43.6 Å². The van der Waals surface area contributed by atoms with E-state index in [1.54, 1.807) is 4.68 Å². The molecule has 0 unspecified atom stereocenters. The van der Waals surface area contributed by atoms with Crippen LogP contribution >= 0.6 is 0 Å². The fourth-order valence-corrected chi connectivity index (χ4v) is 3.10. The molecule has 2 heterocycles. The highest BCUT2D eigenvalue weighted by Crippen LogP contribution is 2.20. The first-order valence-corrected chi connectivity index (χ1v) is 8.02. The van der Waals surface area contributed by atoms with E-state index in [1.165, 1.54) is 6.92 Å². The molecule has 22 heavy (non-hydrogen) atoms. The van der Waals surface area contributed by atoms with Gasteiger partial charge >= 0.3 is 0 Å². The molecule has 1 saturated heterocycles. The van der Waals surface area contributed by atoms with Crippen molar-refractivity contribution in [2.24, 2.45) is 0 Å². The van der Waals surface area contributed by atoms with Crippen LogP contribution in [0.25, 0.3) is 0 Å². The highest BCUT2D eigenvalue weighted by Gasteiger charge is 2.26. The Morgan fingerprint density at radius 1 is 1.36 bits per heavy atom. The predicted molar refractivity (Wildman–Crippen MR) is 84.4 cm³/mol. The summed E-state index contributed by atoms with van der Waals surface area (Å²) in [7, 11) is 0. The average Bonchev–Trinajstić information content (AvgIpc) is 2.77. The molecule has 6 heteroatoms. The van der Waals surface area contributed by atoms with E-state index < -0.39 is 0 Å². The van der Waals surface area contributed by atoms with Crippen LogP contribution in [0, 0.1) is 13.8 Å². The molecule has 122 valence electrons. The summed E-state index contributed by atoms with van der Waals surface area (Å²) in [6, 6.07) is 2.21. The van der Waals surface area contributed by atoms with Crippen molar-refractivity contribution in [2.75, 3.05) is 13.1 Å². The van der Waals surface area contributed by atoms with E-state index in [-0.39, 0.29) is 17.9 Å². The van der Waals surface area contributed by atoms with Gasteiger partial charge in [-0.2, -0.15) is 5.10 Å². The summed E-state index contributed by atoms with van der Waals surface area (Å²) in [5, 5.41) is 7.19. The van der Waals surface area contributed by atoms with Gasteiger partial charge in [0, 0.05) is 31.7 Å². The maximum atomic E-state index is 12.6. The molecule has 2 rings (SSSR count). The Balaban J connectivity index is 1.95. The third-order valence-corrected chi connectivity index (χ3v) is 4.19. The van der Waals surface area contributed by atoms with Gasteiger partial charge in [-0.15, -0.1) is 0 Å². The maximum Gasteiger partial charge on any atom is 0.244 e. The molecule has 2 amide bonds. The van der Waals surface area contributed by atoms with E-state index in [2.05, 4.69) is 10.4 Å². The van der Waals surface area contributed by atoms with Crippen LogP contribution in [0.2, 0.25) is 0 Å². The van der Waals surface area contributed by atoms with Crippen LogP contribution in [0.4, 0.5) is 0 Å². The summed E-state index contributed by atoms with van der Waals surface area (Å²) >= 11 is 0. The Hall–Kier alpha value is -1.85. The number of amides is 2. The molecule has 0 aliphatic carbocycles. The molecule has 0 aromatic carbocycles. The second-order valence-corrected chi connectivity index (χ2v) is 6.09. The van der Waals surface area contributed by atoms with Gasteiger partial charge in [-0.25, -0.2) is 0 Å². The van der Waals surface area contributed by atoms with Crippen LogP contribution < -0.4 is 5.32 Å². The Labute approximate surface area is 131 Å². The minimum absolute atomic E-state index is 0.0173. The first-order chi connectivity index (χ1) is 10.5. The van der Waals surface area contributed by atoms with Crippen LogP contribution in [-0.2, 0) is 16.1 Å². The summed E-state index contributed by atoms with van der Waals surface area (Å²) in [6.07, 6.45) is 4.04. The lowest BCUT2D eigenvalue weighted by atomic mass is 9.99. The van der Waals surface area contributed by atoms with Crippen molar-refractivity contribution in [1.82, 2.24) is 20.0 Å². The van der Waals surface area contributed by atoms with Gasteiger partial charge < -0.3 is 10.2 Å². The molecule has 0 spiro atoms. The molecule has 1 aliphatic rings. The fourth-order valence-electron chi connectivity index (χ4n) is 3.10. The van der Waals surface area contributed by atoms with Gasteiger partial charge in [0.05, 0.1) is 5.69 Å². The SMILES string of the molecule is CC(=O)NCC[C@H]1CCCCN1C(=O)Cn1nc(C)cc1C. The molecule has 1 fully saturated rings. The molecule has 0 radical (unpaired) electrons. The minimum atomic E-state index is -0.0173. The van der Waals surface area contributed by atoms with Crippen LogP contribution in [0.1, 0.15) is 44.0 Å². The summed E-state index contributed by atoms with van der Waals surface area (Å²) in [6.45, 7) is 7.17. The number of aryl methyl sites for hydroxylation is 2. The second-order valence-electron chi connectivity index (χ2n) is 6.09. The molecular formula is C16H26N4O2. The van der Waals surface area contributed by atoms with Crippen molar-refractivity contribution in [1.29, 1.82) is 0 Å². The molecule has 6 nitrogen and oxygen atoms in total. The quantitative estimate of drug-likeness (QED) is 0.894. The Kier molecular flexibility index (Phi) is 5.57. The lowest BCUT2D eigenvalue weighted by Gasteiger charge is -2.36. The van der Waals surface area contributed by atoms with Gasteiger partial charge in [-0.1, -0.05) is 0 Å². The summed E-state index contributed by atoms with van der Waals surface area (Å²) in [4.78, 5) is 25.6. The third-order valence-electron chi connectivity index (χ3n) is 4.19. The Morgan fingerprint density at radius 3 is 2.77 bits per heavy atom. The summed E-state index contributed by atoms with van der Waals surface area (Å²) in [5.41, 5.74) is 1.95. The molecule has 1 aromatic rings. The molecule has 1 aliphatic heterocycles. The number of carbonyl (C=O) groups excluding carboxylic acids is 2. The topological polar surface area (TPSA) is 67.2 Å². The number of nitrogens with one attached hydrogen (secondary N) is 1. The Bertz CT molecular complexity index is 538. The first-order valence-electron chi connectivity index (χ1n) is 8.02. The van der Waals surface area contributed by atoms with Crippen molar-refractivity contribution in [2.45, 2.75) is 59.0 Å². The van der Waals surface area contributed by atoms with E-state index in [0.29, 0.717) is 13.1 Å². The van der Waals surface area contributed by atoms with Gasteiger partial charge in [0.15, 0.2) is 0 Å². The zero-order valence-electron chi connectivity index (χ0n) is 13.8.